The average Bonchev–Trinajstić information content (AvgIpc) is 3.24. The summed E-state index contributed by atoms with van der Waals surface area (Å²) in [5.41, 5.74) is 0. The lowest BCUT2D eigenvalue weighted by Gasteiger charge is -2.49. The Morgan fingerprint density at radius 3 is 2.00 bits per heavy atom. The largest absolute Gasteiger partial charge is 0.483 e. The first-order valence-corrected chi connectivity index (χ1v) is 12.9. The second kappa shape index (κ2) is 15.4. The summed E-state index contributed by atoms with van der Waals surface area (Å²) >= 11 is 0. The molecule has 3 saturated heterocycles. The standard InChI is InChI=1S/C23H41NO11.CH2O2/c1-11(2)3-12-4-18(30)24(5-12)22-20(32)19(31)21(17(10-29)33-22)35-23-15(8-27)13(6-25)14(7-26)16(9-28)34-23;2-1-3/h11-17,19-23,25-29,31-32H,3-10H2,1-2H3;1H,(H,2,3)/t12-,13?,14?,15?,16?,17?,19?,20?,21?,22?,23?;/m0./s1. The first kappa shape index (κ1) is 32.8. The minimum Gasteiger partial charge on any atom is -0.483 e. The smallest absolute Gasteiger partial charge is 0.290 e. The van der Waals surface area contributed by atoms with Crippen molar-refractivity contribution in [1.29, 1.82) is 0 Å². The number of ether oxygens (including phenoxy) is 3. The first-order valence-electron chi connectivity index (χ1n) is 12.9. The minimum atomic E-state index is -1.57. The van der Waals surface area contributed by atoms with E-state index in [1.807, 2.05) is 0 Å². The van der Waals surface area contributed by atoms with Gasteiger partial charge in [0.1, 0.15) is 24.4 Å². The van der Waals surface area contributed by atoms with Gasteiger partial charge in [-0.1, -0.05) is 13.8 Å². The van der Waals surface area contributed by atoms with Gasteiger partial charge in [-0.3, -0.25) is 9.59 Å². The van der Waals surface area contributed by atoms with Crippen LogP contribution in [-0.4, -0.2) is 141 Å². The van der Waals surface area contributed by atoms with E-state index < -0.39 is 93.8 Å². The molecule has 0 spiro atoms. The molecule has 14 nitrogen and oxygen atoms in total. The van der Waals surface area contributed by atoms with Crippen molar-refractivity contribution in [3.05, 3.63) is 0 Å². The van der Waals surface area contributed by atoms with Crippen molar-refractivity contribution in [3.8, 4) is 0 Å². The Kier molecular flexibility index (Phi) is 13.2. The molecule has 14 heteroatoms. The van der Waals surface area contributed by atoms with E-state index >= 15 is 0 Å². The number of hydrogen-bond acceptors (Lipinski definition) is 12. The van der Waals surface area contributed by atoms with Crippen molar-refractivity contribution >= 4 is 12.4 Å². The molecule has 3 aliphatic rings. The van der Waals surface area contributed by atoms with Gasteiger partial charge >= 0.3 is 0 Å². The Morgan fingerprint density at radius 1 is 0.921 bits per heavy atom. The lowest BCUT2D eigenvalue weighted by molar-refractivity contribution is -0.336. The van der Waals surface area contributed by atoms with E-state index in [-0.39, 0.29) is 18.3 Å². The lowest BCUT2D eigenvalue weighted by Crippen LogP contribution is -2.65. The second-order valence-electron chi connectivity index (χ2n) is 10.4. The van der Waals surface area contributed by atoms with Gasteiger partial charge in [0.25, 0.3) is 6.47 Å². The Hall–Kier alpha value is -1.46. The van der Waals surface area contributed by atoms with Crippen molar-refractivity contribution in [3.63, 3.8) is 0 Å². The molecule has 3 aliphatic heterocycles. The van der Waals surface area contributed by atoms with Gasteiger partial charge in [-0.25, -0.2) is 0 Å². The predicted molar refractivity (Wildman–Crippen MR) is 128 cm³/mol. The zero-order valence-electron chi connectivity index (χ0n) is 21.7. The van der Waals surface area contributed by atoms with E-state index in [0.717, 1.165) is 6.42 Å². The van der Waals surface area contributed by atoms with Gasteiger partial charge in [0.2, 0.25) is 5.91 Å². The number of rotatable bonds is 10. The molecule has 3 rings (SSSR count). The quantitative estimate of drug-likeness (QED) is 0.126. The van der Waals surface area contributed by atoms with Crippen LogP contribution < -0.4 is 0 Å². The molecule has 8 N–H and O–H groups in total. The molecule has 1 amide bonds. The molecule has 3 heterocycles. The second-order valence-corrected chi connectivity index (χ2v) is 10.4. The van der Waals surface area contributed by atoms with Crippen LogP contribution in [0, 0.1) is 29.6 Å². The van der Waals surface area contributed by atoms with Crippen LogP contribution in [0.1, 0.15) is 26.7 Å². The number of amides is 1. The Balaban J connectivity index is 0.00000161. The van der Waals surface area contributed by atoms with Crippen molar-refractivity contribution in [1.82, 2.24) is 4.90 Å². The van der Waals surface area contributed by atoms with E-state index in [9.17, 15) is 40.5 Å². The lowest BCUT2D eigenvalue weighted by atomic mass is 9.77. The monoisotopic (exact) mass is 553 g/mol. The van der Waals surface area contributed by atoms with Gasteiger partial charge in [-0.2, -0.15) is 0 Å². The van der Waals surface area contributed by atoms with E-state index in [2.05, 4.69) is 13.8 Å². The Morgan fingerprint density at radius 2 is 1.50 bits per heavy atom. The molecule has 222 valence electrons. The molecular formula is C24H43NO13. The molecule has 0 saturated carbocycles. The highest BCUT2D eigenvalue weighted by Crippen LogP contribution is 2.38. The number of carbonyl (C=O) groups is 2. The van der Waals surface area contributed by atoms with Crippen LogP contribution in [0.2, 0.25) is 0 Å². The summed E-state index contributed by atoms with van der Waals surface area (Å²) in [7, 11) is 0. The van der Waals surface area contributed by atoms with Crippen LogP contribution in [-0.2, 0) is 23.8 Å². The van der Waals surface area contributed by atoms with Gasteiger partial charge in [-0.15, -0.1) is 0 Å². The zero-order chi connectivity index (χ0) is 28.6. The minimum absolute atomic E-state index is 0.100. The van der Waals surface area contributed by atoms with Crippen LogP contribution in [0.4, 0.5) is 0 Å². The molecule has 3 fully saturated rings. The molecule has 0 aromatic heterocycles. The van der Waals surface area contributed by atoms with Gasteiger partial charge in [0.15, 0.2) is 12.5 Å². The van der Waals surface area contributed by atoms with E-state index in [1.54, 1.807) is 0 Å². The normalized spacial score (nSPS) is 39.7. The number of carbonyl (C=O) groups excluding carboxylic acids is 1. The molecule has 38 heavy (non-hydrogen) atoms. The van der Waals surface area contributed by atoms with Gasteiger partial charge < -0.3 is 60.0 Å². The molecule has 0 aromatic rings. The third-order valence-electron chi connectivity index (χ3n) is 7.53. The molecule has 10 unspecified atom stereocenters. The maximum atomic E-state index is 12.6. The van der Waals surface area contributed by atoms with Crippen molar-refractivity contribution in [2.45, 2.75) is 69.7 Å². The molecule has 0 aromatic carbocycles. The summed E-state index contributed by atoms with van der Waals surface area (Å²) in [4.78, 5) is 22.4. The Labute approximate surface area is 221 Å². The SMILES string of the molecule is CC(C)C[C@H]1CC(=O)N(C2OC(CO)C(OC3OC(CO)C(CO)C(CO)C3CO)C(O)C2O)C1.O=CO. The van der Waals surface area contributed by atoms with Gasteiger partial charge in [-0.05, 0) is 24.2 Å². The number of aliphatic hydroxyl groups excluding tert-OH is 7. The summed E-state index contributed by atoms with van der Waals surface area (Å²) in [5.74, 6) is -1.86. The molecular weight excluding hydrogens is 510 g/mol. The summed E-state index contributed by atoms with van der Waals surface area (Å²) in [6.07, 6.45) is -7.68. The average molecular weight is 554 g/mol. The van der Waals surface area contributed by atoms with E-state index in [1.165, 1.54) is 4.90 Å². The van der Waals surface area contributed by atoms with Crippen LogP contribution >= 0.6 is 0 Å². The predicted octanol–water partition coefficient (Wildman–Crippen LogP) is -3.05. The molecule has 0 aliphatic carbocycles. The Bertz CT molecular complexity index is 725. The number of likely N-dealkylation sites (tertiary alicyclic amines) is 1. The molecule has 0 bridgehead atoms. The molecule has 11 atom stereocenters. The summed E-state index contributed by atoms with van der Waals surface area (Å²) < 4.78 is 17.5. The maximum absolute atomic E-state index is 12.6. The third kappa shape index (κ3) is 7.38. The van der Waals surface area contributed by atoms with Crippen molar-refractivity contribution in [2.24, 2.45) is 29.6 Å². The fourth-order valence-corrected chi connectivity index (χ4v) is 5.75. The first-order chi connectivity index (χ1) is 18.1. The zero-order valence-corrected chi connectivity index (χ0v) is 21.7. The number of carboxylic acid groups (broad SMARTS) is 1. The topological polar surface area (TPSA) is 227 Å². The molecule has 0 radical (unpaired) electrons. The van der Waals surface area contributed by atoms with Gasteiger partial charge in [0, 0.05) is 38.0 Å². The third-order valence-corrected chi connectivity index (χ3v) is 7.53. The highest BCUT2D eigenvalue weighted by atomic mass is 16.7. The highest BCUT2D eigenvalue weighted by molar-refractivity contribution is 5.79. The van der Waals surface area contributed by atoms with Crippen LogP contribution in [0.15, 0.2) is 0 Å². The highest BCUT2D eigenvalue weighted by Gasteiger charge is 2.53. The van der Waals surface area contributed by atoms with Crippen molar-refractivity contribution < 1.29 is 64.7 Å². The van der Waals surface area contributed by atoms with Crippen LogP contribution in [0.3, 0.4) is 0 Å². The fourth-order valence-electron chi connectivity index (χ4n) is 5.75. The fraction of sp³-hybridized carbons (Fsp3) is 0.917. The van der Waals surface area contributed by atoms with Gasteiger partial charge in [0.05, 0.1) is 25.9 Å². The summed E-state index contributed by atoms with van der Waals surface area (Å²) in [6, 6.07) is 0. The van der Waals surface area contributed by atoms with E-state index in [4.69, 9.17) is 24.1 Å². The maximum Gasteiger partial charge on any atom is 0.290 e. The summed E-state index contributed by atoms with van der Waals surface area (Å²) in [5, 5.41) is 77.9. The van der Waals surface area contributed by atoms with E-state index in [0.29, 0.717) is 18.9 Å². The van der Waals surface area contributed by atoms with Crippen LogP contribution in [0.5, 0.6) is 0 Å². The van der Waals surface area contributed by atoms with Crippen LogP contribution in [0.25, 0.3) is 0 Å². The number of hydrogen-bond donors (Lipinski definition) is 8. The van der Waals surface area contributed by atoms with Crippen molar-refractivity contribution in [2.75, 3.05) is 39.6 Å². The number of aliphatic hydroxyl groups is 7. The number of nitrogens with zero attached hydrogens (tertiary/aromatic N) is 1. The summed E-state index contributed by atoms with van der Waals surface area (Å²) in [6.45, 7) is 1.88.